The monoisotopic (exact) mass is 766 g/mol. The van der Waals surface area contributed by atoms with Crippen molar-refractivity contribution in [1.29, 1.82) is 0 Å². The second-order valence-electron chi connectivity index (χ2n) is 15.0. The molecule has 0 saturated heterocycles. The summed E-state index contributed by atoms with van der Waals surface area (Å²) in [6, 6.07) is 81.7. The standard InChI is InChI=1S/C56H38N4/c1-5-17-39(18-6-1)47-37-38-48(40-19-7-2-8-20-40)54(42-31-35-44(36-32-42)56-58-50-26-14-16-28-52(50)60(56)46-23-11-4-12-24-46)53(47)41-29-33-43(34-30-41)55-57-49-25-13-15-27-51(49)59(55)45-21-9-3-10-22-45/h1-38H. The average molecular weight is 767 g/mol. The van der Waals surface area contributed by atoms with Crippen LogP contribution in [-0.2, 0) is 0 Å². The third-order valence-corrected chi connectivity index (χ3v) is 11.4. The van der Waals surface area contributed by atoms with Crippen molar-refractivity contribution < 1.29 is 0 Å². The van der Waals surface area contributed by atoms with Crippen molar-refractivity contribution in [2.24, 2.45) is 0 Å². The van der Waals surface area contributed by atoms with Crippen LogP contribution < -0.4 is 0 Å². The van der Waals surface area contributed by atoms with Gasteiger partial charge in [0.05, 0.1) is 22.1 Å². The summed E-state index contributed by atoms with van der Waals surface area (Å²) in [6.07, 6.45) is 0. The van der Waals surface area contributed by atoms with Crippen molar-refractivity contribution in [3.63, 3.8) is 0 Å². The molecule has 0 saturated carbocycles. The highest BCUT2D eigenvalue weighted by Crippen LogP contribution is 2.46. The Bertz CT molecular complexity index is 3030. The van der Waals surface area contributed by atoms with E-state index in [1.807, 2.05) is 0 Å². The normalized spacial score (nSPS) is 11.3. The highest BCUT2D eigenvalue weighted by atomic mass is 15.1. The van der Waals surface area contributed by atoms with Gasteiger partial charge >= 0.3 is 0 Å². The van der Waals surface area contributed by atoms with E-state index in [-0.39, 0.29) is 0 Å². The molecule has 0 N–H and O–H groups in total. The first kappa shape index (κ1) is 35.1. The van der Waals surface area contributed by atoms with Crippen LogP contribution in [0.1, 0.15) is 0 Å². The third kappa shape index (κ3) is 6.19. The zero-order valence-electron chi connectivity index (χ0n) is 32.7. The fourth-order valence-electron chi connectivity index (χ4n) is 8.61. The molecular formula is C56H38N4. The van der Waals surface area contributed by atoms with E-state index in [0.29, 0.717) is 0 Å². The molecule has 2 aromatic heterocycles. The first-order chi connectivity index (χ1) is 29.8. The molecule has 0 aliphatic carbocycles. The molecule has 0 spiro atoms. The van der Waals surface area contributed by atoms with E-state index in [1.54, 1.807) is 0 Å². The van der Waals surface area contributed by atoms with Crippen LogP contribution in [0.4, 0.5) is 0 Å². The largest absolute Gasteiger partial charge is 0.292 e. The molecule has 0 atom stereocenters. The molecule has 11 aromatic rings. The lowest BCUT2D eigenvalue weighted by Gasteiger charge is -2.21. The quantitative estimate of drug-likeness (QED) is 0.154. The van der Waals surface area contributed by atoms with Crippen LogP contribution in [0.5, 0.6) is 0 Å². The van der Waals surface area contributed by atoms with E-state index < -0.39 is 0 Å². The van der Waals surface area contributed by atoms with Crippen molar-refractivity contribution in [2.45, 2.75) is 0 Å². The smallest absolute Gasteiger partial charge is 0.145 e. The first-order valence-electron chi connectivity index (χ1n) is 20.3. The maximum Gasteiger partial charge on any atom is 0.145 e. The second kappa shape index (κ2) is 15.0. The van der Waals surface area contributed by atoms with Gasteiger partial charge in [-0.25, -0.2) is 9.97 Å². The van der Waals surface area contributed by atoms with E-state index in [0.717, 1.165) is 78.5 Å². The Morgan fingerprint density at radius 2 is 0.567 bits per heavy atom. The van der Waals surface area contributed by atoms with Crippen LogP contribution in [0.15, 0.2) is 231 Å². The van der Waals surface area contributed by atoms with Crippen molar-refractivity contribution in [3.8, 4) is 78.7 Å². The summed E-state index contributed by atoms with van der Waals surface area (Å²) in [7, 11) is 0. The summed E-state index contributed by atoms with van der Waals surface area (Å²) in [4.78, 5) is 10.3. The van der Waals surface area contributed by atoms with Crippen molar-refractivity contribution in [3.05, 3.63) is 231 Å². The fourth-order valence-corrected chi connectivity index (χ4v) is 8.61. The Morgan fingerprint density at radius 3 is 0.950 bits per heavy atom. The lowest BCUT2D eigenvalue weighted by atomic mass is 9.82. The Labute approximate surface area is 349 Å². The maximum atomic E-state index is 5.17. The maximum absolute atomic E-state index is 5.17. The Balaban J connectivity index is 1.11. The van der Waals surface area contributed by atoms with Gasteiger partial charge < -0.3 is 0 Å². The van der Waals surface area contributed by atoms with Gasteiger partial charge in [-0.15, -0.1) is 0 Å². The molecule has 9 aromatic carbocycles. The molecule has 0 radical (unpaired) electrons. The van der Waals surface area contributed by atoms with Crippen LogP contribution in [-0.4, -0.2) is 19.1 Å². The second-order valence-corrected chi connectivity index (χ2v) is 15.0. The Morgan fingerprint density at radius 1 is 0.250 bits per heavy atom. The van der Waals surface area contributed by atoms with Gasteiger partial charge in [0.15, 0.2) is 0 Å². The first-order valence-corrected chi connectivity index (χ1v) is 20.3. The molecule has 0 aliphatic heterocycles. The number of imidazole rings is 2. The lowest BCUT2D eigenvalue weighted by molar-refractivity contribution is 1.10. The minimum Gasteiger partial charge on any atom is -0.292 e. The zero-order chi connectivity index (χ0) is 39.8. The number of aromatic nitrogens is 4. The number of rotatable bonds is 8. The number of hydrogen-bond donors (Lipinski definition) is 0. The van der Waals surface area contributed by atoms with Gasteiger partial charge in [-0.3, -0.25) is 9.13 Å². The lowest BCUT2D eigenvalue weighted by Crippen LogP contribution is -1.98. The highest BCUT2D eigenvalue weighted by molar-refractivity contribution is 6.02. The minimum absolute atomic E-state index is 0.910. The van der Waals surface area contributed by atoms with Gasteiger partial charge in [0, 0.05) is 22.5 Å². The predicted octanol–water partition coefficient (Wildman–Crippen LogP) is 14.4. The number of benzene rings is 9. The summed E-state index contributed by atoms with van der Waals surface area (Å²) in [5, 5.41) is 0. The molecule has 60 heavy (non-hydrogen) atoms. The highest BCUT2D eigenvalue weighted by Gasteiger charge is 2.22. The molecular weight excluding hydrogens is 729 g/mol. The number of para-hydroxylation sites is 6. The van der Waals surface area contributed by atoms with Crippen molar-refractivity contribution in [2.75, 3.05) is 0 Å². The van der Waals surface area contributed by atoms with Crippen LogP contribution in [0.3, 0.4) is 0 Å². The van der Waals surface area contributed by atoms with E-state index in [9.17, 15) is 0 Å². The van der Waals surface area contributed by atoms with Gasteiger partial charge in [-0.1, -0.05) is 182 Å². The molecule has 0 bridgehead atoms. The molecule has 282 valence electrons. The number of nitrogens with zero attached hydrogens (tertiary/aromatic N) is 4. The van der Waals surface area contributed by atoms with Crippen molar-refractivity contribution in [1.82, 2.24) is 19.1 Å². The van der Waals surface area contributed by atoms with Gasteiger partial charge in [0.1, 0.15) is 11.6 Å². The van der Waals surface area contributed by atoms with E-state index in [1.165, 1.54) is 22.3 Å². The molecule has 4 heteroatoms. The van der Waals surface area contributed by atoms with Crippen LogP contribution in [0.25, 0.3) is 101 Å². The van der Waals surface area contributed by atoms with Gasteiger partial charge in [-0.05, 0) is 93.0 Å². The van der Waals surface area contributed by atoms with E-state index in [2.05, 4.69) is 240 Å². The van der Waals surface area contributed by atoms with E-state index >= 15 is 0 Å². The summed E-state index contributed by atoms with van der Waals surface area (Å²) in [5.74, 6) is 1.82. The Hall–Kier alpha value is -8.08. The van der Waals surface area contributed by atoms with Gasteiger partial charge in [0.25, 0.3) is 0 Å². The molecule has 11 rings (SSSR count). The van der Waals surface area contributed by atoms with Gasteiger partial charge in [0.2, 0.25) is 0 Å². The molecule has 0 aliphatic rings. The summed E-state index contributed by atoms with van der Waals surface area (Å²) < 4.78 is 4.52. The van der Waals surface area contributed by atoms with Crippen LogP contribution in [0.2, 0.25) is 0 Å². The zero-order valence-corrected chi connectivity index (χ0v) is 32.7. The topological polar surface area (TPSA) is 35.6 Å². The van der Waals surface area contributed by atoms with Crippen LogP contribution >= 0.6 is 0 Å². The summed E-state index contributed by atoms with van der Waals surface area (Å²) in [6.45, 7) is 0. The SMILES string of the molecule is c1ccc(-c2ccc(-c3ccccc3)c(-c3ccc(-c4nc5ccccc5n4-c4ccccc4)cc3)c2-c2ccc(-c3nc4ccccc4n3-c3ccccc3)cc2)cc1. The number of hydrogen-bond acceptors (Lipinski definition) is 2. The Kier molecular flexibility index (Phi) is 8.79. The third-order valence-electron chi connectivity index (χ3n) is 11.4. The van der Waals surface area contributed by atoms with Crippen molar-refractivity contribution >= 4 is 22.1 Å². The van der Waals surface area contributed by atoms with Crippen LogP contribution in [0, 0.1) is 0 Å². The van der Waals surface area contributed by atoms with E-state index in [4.69, 9.17) is 9.97 Å². The average Bonchev–Trinajstić information content (AvgIpc) is 3.92. The number of fused-ring (bicyclic) bond motifs is 2. The van der Waals surface area contributed by atoms with Gasteiger partial charge in [-0.2, -0.15) is 0 Å². The summed E-state index contributed by atoms with van der Waals surface area (Å²) in [5.41, 5.74) is 17.6. The predicted molar refractivity (Wildman–Crippen MR) is 248 cm³/mol. The molecule has 0 fully saturated rings. The molecule has 4 nitrogen and oxygen atoms in total. The molecule has 0 unspecified atom stereocenters. The minimum atomic E-state index is 0.910. The molecule has 2 heterocycles. The summed E-state index contributed by atoms with van der Waals surface area (Å²) >= 11 is 0. The molecule has 0 amide bonds. The fraction of sp³-hybridized carbons (Fsp3) is 0.